The lowest BCUT2D eigenvalue weighted by atomic mass is 9.83. The van der Waals surface area contributed by atoms with Crippen molar-refractivity contribution in [3.05, 3.63) is 83.6 Å². The van der Waals surface area contributed by atoms with Gasteiger partial charge >= 0.3 is 6.18 Å². The van der Waals surface area contributed by atoms with E-state index >= 15 is 0 Å². The molecule has 0 amide bonds. The quantitative estimate of drug-likeness (QED) is 0.119. The molecule has 5 heteroatoms. The van der Waals surface area contributed by atoms with Crippen LogP contribution in [0.4, 0.5) is 13.2 Å². The highest BCUT2D eigenvalue weighted by molar-refractivity contribution is 6.29. The average molecular weight is 510 g/mol. The number of alkyl halides is 3. The Balaban J connectivity index is 1.95. The third-order valence-electron chi connectivity index (χ3n) is 8.06. The van der Waals surface area contributed by atoms with E-state index in [0.717, 1.165) is 44.7 Å². The van der Waals surface area contributed by atoms with Crippen LogP contribution in [0.1, 0.15) is 37.5 Å². The number of fused-ring (bicyclic) bond motifs is 7. The van der Waals surface area contributed by atoms with Gasteiger partial charge in [0.2, 0.25) is 5.52 Å². The predicted molar refractivity (Wildman–Crippen MR) is 150 cm³/mol. The van der Waals surface area contributed by atoms with Gasteiger partial charge in [-0.3, -0.25) is 0 Å². The first kappa shape index (κ1) is 23.3. The maximum atomic E-state index is 14.6. The minimum absolute atomic E-state index is 0.0316. The second kappa shape index (κ2) is 7.37. The predicted octanol–water partition coefficient (Wildman–Crippen LogP) is 8.88. The van der Waals surface area contributed by atoms with Crippen LogP contribution in [-0.2, 0) is 19.6 Å². The van der Waals surface area contributed by atoms with Crippen LogP contribution in [0.25, 0.3) is 59.8 Å². The fourth-order valence-corrected chi connectivity index (χ4v) is 6.68. The van der Waals surface area contributed by atoms with Crippen molar-refractivity contribution in [3.63, 3.8) is 0 Å². The molecule has 3 heterocycles. The number of pyridine rings is 2. The van der Waals surface area contributed by atoms with Crippen LogP contribution < -0.4 is 4.57 Å². The van der Waals surface area contributed by atoms with E-state index in [0.29, 0.717) is 16.3 Å². The molecule has 7 aromatic rings. The Bertz CT molecular complexity index is 2090. The minimum atomic E-state index is -4.48. The van der Waals surface area contributed by atoms with Gasteiger partial charge in [0.1, 0.15) is 7.05 Å². The molecule has 0 fully saturated rings. The molecular weight excluding hydrogens is 481 g/mol. The summed E-state index contributed by atoms with van der Waals surface area (Å²) in [6.07, 6.45) is -1.79. The Hall–Kier alpha value is -3.86. The van der Waals surface area contributed by atoms with Crippen molar-refractivity contribution in [1.29, 1.82) is 0 Å². The maximum Gasteiger partial charge on any atom is 0.417 e. The summed E-state index contributed by atoms with van der Waals surface area (Å²) in [4.78, 5) is 0. The SMILES string of the molecule is Cc1c2ccccc2c(CC(C)(C)C)c2c1c1c3c(cc[n+]1C)cc(C(F)(F)F)c1c4ccccc4n2c13. The van der Waals surface area contributed by atoms with Crippen LogP contribution in [0, 0.1) is 12.3 Å². The van der Waals surface area contributed by atoms with Crippen LogP contribution in [-0.4, -0.2) is 4.40 Å². The van der Waals surface area contributed by atoms with Crippen LogP contribution in [0.3, 0.4) is 0 Å². The zero-order valence-corrected chi connectivity index (χ0v) is 22.1. The first-order chi connectivity index (χ1) is 18.0. The standard InChI is InChI=1S/C33H28F3N2/c1-18-20-10-6-7-11-21(20)23(17-32(2,3)4)29-26(18)30-27-19(14-15-37(30)5)16-24(33(34,35)36)28-22-12-8-9-13-25(22)38(29)31(27)28/h6-16H,17H2,1-5H3/q+1. The Morgan fingerprint density at radius 2 is 1.45 bits per heavy atom. The van der Waals surface area contributed by atoms with Crippen molar-refractivity contribution in [1.82, 2.24) is 4.40 Å². The van der Waals surface area contributed by atoms with Gasteiger partial charge in [-0.05, 0) is 58.2 Å². The molecule has 7 rings (SSSR count). The van der Waals surface area contributed by atoms with Crippen molar-refractivity contribution in [3.8, 4) is 0 Å². The third kappa shape index (κ3) is 2.99. The molecule has 2 nitrogen and oxygen atoms in total. The van der Waals surface area contributed by atoms with Gasteiger partial charge in [-0.1, -0.05) is 63.2 Å². The van der Waals surface area contributed by atoms with Gasteiger partial charge in [0.25, 0.3) is 0 Å². The number of para-hydroxylation sites is 1. The Kier molecular flexibility index (Phi) is 4.52. The number of nitrogens with zero attached hydrogens (tertiary/aromatic N) is 2. The van der Waals surface area contributed by atoms with Crippen molar-refractivity contribution >= 4 is 59.8 Å². The molecular formula is C33H28F3N2+. The lowest BCUT2D eigenvalue weighted by Gasteiger charge is -2.24. The molecule has 38 heavy (non-hydrogen) atoms. The van der Waals surface area contributed by atoms with E-state index in [1.54, 1.807) is 0 Å². The summed E-state index contributed by atoms with van der Waals surface area (Å²) < 4.78 is 48.1. The molecule has 0 atom stereocenters. The second-order valence-electron chi connectivity index (χ2n) is 11.8. The van der Waals surface area contributed by atoms with Crippen molar-refractivity contribution < 1.29 is 17.7 Å². The Morgan fingerprint density at radius 1 is 0.789 bits per heavy atom. The number of hydrogen-bond donors (Lipinski definition) is 0. The molecule has 0 saturated carbocycles. The van der Waals surface area contributed by atoms with Gasteiger partial charge < -0.3 is 4.40 Å². The van der Waals surface area contributed by atoms with Crippen LogP contribution in [0.15, 0.2) is 66.9 Å². The molecule has 0 unspecified atom stereocenters. The molecule has 190 valence electrons. The third-order valence-corrected chi connectivity index (χ3v) is 8.06. The van der Waals surface area contributed by atoms with Crippen molar-refractivity contribution in [2.24, 2.45) is 12.5 Å². The first-order valence-electron chi connectivity index (χ1n) is 13.0. The molecule has 4 aromatic carbocycles. The monoisotopic (exact) mass is 509 g/mol. The molecule has 0 N–H and O–H groups in total. The van der Waals surface area contributed by atoms with E-state index in [4.69, 9.17) is 0 Å². The van der Waals surface area contributed by atoms with E-state index in [2.05, 4.69) is 60.9 Å². The summed E-state index contributed by atoms with van der Waals surface area (Å²) in [5.41, 5.74) is 5.17. The maximum absolute atomic E-state index is 14.6. The normalized spacial score (nSPS) is 13.4. The number of aryl methyl sites for hydroxylation is 2. The van der Waals surface area contributed by atoms with Gasteiger partial charge in [-0.25, -0.2) is 4.57 Å². The summed E-state index contributed by atoms with van der Waals surface area (Å²) in [6.45, 7) is 8.81. The van der Waals surface area contributed by atoms with E-state index in [9.17, 15) is 13.2 Å². The fourth-order valence-electron chi connectivity index (χ4n) is 6.68. The topological polar surface area (TPSA) is 8.29 Å². The van der Waals surface area contributed by atoms with E-state index in [1.807, 2.05) is 43.6 Å². The molecule has 3 aromatic heterocycles. The van der Waals surface area contributed by atoms with E-state index < -0.39 is 11.7 Å². The van der Waals surface area contributed by atoms with E-state index in [1.165, 1.54) is 17.0 Å². The molecule has 0 aliphatic carbocycles. The lowest BCUT2D eigenvalue weighted by Crippen LogP contribution is -2.29. The molecule has 0 aliphatic rings. The number of hydrogen-bond acceptors (Lipinski definition) is 0. The Morgan fingerprint density at radius 3 is 2.13 bits per heavy atom. The first-order valence-corrected chi connectivity index (χ1v) is 13.0. The summed E-state index contributed by atoms with van der Waals surface area (Å²) in [6, 6.07) is 19.2. The minimum Gasteiger partial charge on any atom is -0.307 e. The molecule has 0 radical (unpaired) electrons. The number of aromatic nitrogens is 2. The number of halogens is 3. The fraction of sp³-hybridized carbons (Fsp3) is 0.242. The van der Waals surface area contributed by atoms with Gasteiger partial charge in [0, 0.05) is 16.8 Å². The van der Waals surface area contributed by atoms with Gasteiger partial charge in [-0.15, -0.1) is 0 Å². The summed E-state index contributed by atoms with van der Waals surface area (Å²) in [5.74, 6) is 0. The van der Waals surface area contributed by atoms with Gasteiger partial charge in [-0.2, -0.15) is 13.2 Å². The summed E-state index contributed by atoms with van der Waals surface area (Å²) in [7, 11) is 2.00. The zero-order chi connectivity index (χ0) is 26.7. The zero-order valence-electron chi connectivity index (χ0n) is 22.1. The van der Waals surface area contributed by atoms with Crippen molar-refractivity contribution in [2.75, 3.05) is 0 Å². The average Bonchev–Trinajstić information content (AvgIpc) is 3.20. The Labute approximate surface area is 218 Å². The van der Waals surface area contributed by atoms with Gasteiger partial charge in [0.05, 0.1) is 32.9 Å². The van der Waals surface area contributed by atoms with Gasteiger partial charge in [0.15, 0.2) is 6.20 Å². The highest BCUT2D eigenvalue weighted by atomic mass is 19.4. The highest BCUT2D eigenvalue weighted by Gasteiger charge is 2.37. The molecule has 0 aliphatic heterocycles. The molecule has 0 spiro atoms. The summed E-state index contributed by atoms with van der Waals surface area (Å²) in [5, 5.41) is 5.85. The van der Waals surface area contributed by atoms with Crippen LogP contribution >= 0.6 is 0 Å². The van der Waals surface area contributed by atoms with Crippen LogP contribution in [0.2, 0.25) is 0 Å². The molecule has 0 bridgehead atoms. The highest BCUT2D eigenvalue weighted by Crippen LogP contribution is 2.48. The van der Waals surface area contributed by atoms with Crippen LogP contribution in [0.5, 0.6) is 0 Å². The lowest BCUT2D eigenvalue weighted by molar-refractivity contribution is -0.643. The summed E-state index contributed by atoms with van der Waals surface area (Å²) >= 11 is 0. The largest absolute Gasteiger partial charge is 0.417 e. The number of rotatable bonds is 1. The smallest absolute Gasteiger partial charge is 0.307 e. The van der Waals surface area contributed by atoms with E-state index in [-0.39, 0.29) is 10.8 Å². The van der Waals surface area contributed by atoms with Crippen molar-refractivity contribution in [2.45, 2.75) is 40.3 Å². The molecule has 0 saturated heterocycles. The number of benzene rings is 4. The second-order valence-corrected chi connectivity index (χ2v) is 11.8.